The number of morpholine rings is 1. The van der Waals surface area contributed by atoms with Crippen molar-refractivity contribution >= 4 is 11.8 Å². The van der Waals surface area contributed by atoms with Crippen LogP contribution in [0.3, 0.4) is 0 Å². The zero-order valence-electron chi connectivity index (χ0n) is 8.70. The van der Waals surface area contributed by atoms with Crippen molar-refractivity contribution in [2.24, 2.45) is 5.92 Å². The molecular formula is C10H16N2O3. The molecule has 0 aromatic heterocycles. The number of ether oxygens (including phenoxy) is 1. The van der Waals surface area contributed by atoms with Crippen molar-refractivity contribution < 1.29 is 14.3 Å². The second-order valence-electron chi connectivity index (χ2n) is 4.08. The molecule has 2 heterocycles. The highest BCUT2D eigenvalue weighted by atomic mass is 16.5. The van der Waals surface area contributed by atoms with Gasteiger partial charge >= 0.3 is 0 Å². The first kappa shape index (κ1) is 10.6. The van der Waals surface area contributed by atoms with Crippen molar-refractivity contribution in [3.05, 3.63) is 0 Å². The molecule has 5 heteroatoms. The summed E-state index contributed by atoms with van der Waals surface area (Å²) in [6.07, 6.45) is 2.05. The van der Waals surface area contributed by atoms with Crippen molar-refractivity contribution in [1.29, 1.82) is 0 Å². The molecular weight excluding hydrogens is 196 g/mol. The van der Waals surface area contributed by atoms with Crippen molar-refractivity contribution in [2.75, 3.05) is 32.8 Å². The lowest BCUT2D eigenvalue weighted by atomic mass is 10.0. The molecule has 2 fully saturated rings. The predicted octanol–water partition coefficient (Wildman–Crippen LogP) is -0.629. The van der Waals surface area contributed by atoms with E-state index in [0.29, 0.717) is 12.5 Å². The van der Waals surface area contributed by atoms with Crippen LogP contribution in [0.2, 0.25) is 0 Å². The van der Waals surface area contributed by atoms with Gasteiger partial charge in [0.15, 0.2) is 0 Å². The van der Waals surface area contributed by atoms with Crippen molar-refractivity contribution in [1.82, 2.24) is 10.2 Å². The first-order valence-corrected chi connectivity index (χ1v) is 5.39. The lowest BCUT2D eigenvalue weighted by Crippen LogP contribution is -2.46. The summed E-state index contributed by atoms with van der Waals surface area (Å²) in [5, 5.41) is 3.27. The lowest BCUT2D eigenvalue weighted by Gasteiger charge is -2.25. The van der Waals surface area contributed by atoms with E-state index in [2.05, 4.69) is 5.32 Å². The summed E-state index contributed by atoms with van der Waals surface area (Å²) in [4.78, 5) is 24.1. The quantitative estimate of drug-likeness (QED) is 0.633. The summed E-state index contributed by atoms with van der Waals surface area (Å²) in [6, 6.07) is 0. The van der Waals surface area contributed by atoms with Crippen LogP contribution >= 0.6 is 0 Å². The number of carbonyl (C=O) groups excluding carboxylic acids is 2. The first-order valence-electron chi connectivity index (χ1n) is 5.39. The minimum Gasteiger partial charge on any atom is -0.362 e. The van der Waals surface area contributed by atoms with E-state index < -0.39 is 0 Å². The van der Waals surface area contributed by atoms with E-state index in [4.69, 9.17) is 4.74 Å². The number of amides is 2. The van der Waals surface area contributed by atoms with E-state index in [1.165, 1.54) is 4.90 Å². The monoisotopic (exact) mass is 212 g/mol. The molecule has 1 unspecified atom stereocenters. The molecule has 2 rings (SSSR count). The molecule has 84 valence electrons. The molecule has 5 nitrogen and oxygen atoms in total. The van der Waals surface area contributed by atoms with Gasteiger partial charge in [-0.25, -0.2) is 0 Å². The van der Waals surface area contributed by atoms with E-state index in [1.54, 1.807) is 0 Å². The minimum atomic E-state index is -0.197. The van der Waals surface area contributed by atoms with Crippen LogP contribution in [-0.4, -0.2) is 49.6 Å². The fourth-order valence-corrected chi connectivity index (χ4v) is 2.04. The van der Waals surface area contributed by atoms with Crippen molar-refractivity contribution in [3.8, 4) is 0 Å². The normalized spacial score (nSPS) is 27.5. The third-order valence-corrected chi connectivity index (χ3v) is 2.98. The van der Waals surface area contributed by atoms with Crippen LogP contribution in [0.15, 0.2) is 0 Å². The summed E-state index contributed by atoms with van der Waals surface area (Å²) in [5.74, 6) is 0.211. The molecule has 2 amide bonds. The van der Waals surface area contributed by atoms with E-state index >= 15 is 0 Å². The van der Waals surface area contributed by atoms with E-state index in [-0.39, 0.29) is 25.0 Å². The van der Waals surface area contributed by atoms with Crippen LogP contribution in [0.1, 0.15) is 12.8 Å². The van der Waals surface area contributed by atoms with Crippen LogP contribution in [0.4, 0.5) is 0 Å². The zero-order chi connectivity index (χ0) is 10.7. The van der Waals surface area contributed by atoms with Crippen molar-refractivity contribution in [3.63, 3.8) is 0 Å². The Labute approximate surface area is 88.8 Å². The third-order valence-electron chi connectivity index (χ3n) is 2.98. The Kier molecular flexibility index (Phi) is 3.33. The Hall–Kier alpha value is -0.940. The van der Waals surface area contributed by atoms with Crippen LogP contribution in [0, 0.1) is 5.92 Å². The summed E-state index contributed by atoms with van der Waals surface area (Å²) < 4.78 is 4.84. The van der Waals surface area contributed by atoms with Crippen LogP contribution in [0.5, 0.6) is 0 Å². The molecule has 0 aromatic carbocycles. The standard InChI is InChI=1S/C10H16N2O3/c13-9-6-15-7-10(14)12(9)4-2-8-1-3-11-5-8/h8,11H,1-7H2. The molecule has 0 radical (unpaired) electrons. The van der Waals surface area contributed by atoms with E-state index in [1.807, 2.05) is 0 Å². The third kappa shape index (κ3) is 2.54. The number of nitrogens with zero attached hydrogens (tertiary/aromatic N) is 1. The molecule has 2 aliphatic heterocycles. The minimum absolute atomic E-state index is 0.0503. The highest BCUT2D eigenvalue weighted by molar-refractivity contribution is 5.98. The molecule has 1 N–H and O–H groups in total. The van der Waals surface area contributed by atoms with Gasteiger partial charge in [-0.3, -0.25) is 14.5 Å². The molecule has 1 atom stereocenters. The fraction of sp³-hybridized carbons (Fsp3) is 0.800. The van der Waals surface area contributed by atoms with E-state index in [0.717, 1.165) is 25.9 Å². The van der Waals surface area contributed by atoms with Crippen LogP contribution in [0.25, 0.3) is 0 Å². The second-order valence-corrected chi connectivity index (χ2v) is 4.08. The second kappa shape index (κ2) is 4.72. The fourth-order valence-electron chi connectivity index (χ4n) is 2.04. The van der Waals surface area contributed by atoms with Gasteiger partial charge in [-0.05, 0) is 31.8 Å². The van der Waals surface area contributed by atoms with Gasteiger partial charge in [0.25, 0.3) is 11.8 Å². The molecule has 2 aliphatic rings. The van der Waals surface area contributed by atoms with E-state index in [9.17, 15) is 9.59 Å². The highest BCUT2D eigenvalue weighted by Crippen LogP contribution is 2.13. The summed E-state index contributed by atoms with van der Waals surface area (Å²) in [5.41, 5.74) is 0. The Morgan fingerprint density at radius 2 is 2.07 bits per heavy atom. The highest BCUT2D eigenvalue weighted by Gasteiger charge is 2.27. The Morgan fingerprint density at radius 1 is 1.33 bits per heavy atom. The number of carbonyl (C=O) groups is 2. The molecule has 0 bridgehead atoms. The Balaban J connectivity index is 1.81. The molecule has 0 aromatic rings. The predicted molar refractivity (Wildman–Crippen MR) is 53.1 cm³/mol. The van der Waals surface area contributed by atoms with Gasteiger partial charge in [-0.1, -0.05) is 0 Å². The summed E-state index contributed by atoms with van der Waals surface area (Å²) >= 11 is 0. The SMILES string of the molecule is O=C1COCC(=O)N1CCC1CCNC1. The van der Waals surface area contributed by atoms with Gasteiger partial charge in [0.2, 0.25) is 0 Å². The number of imide groups is 1. The molecule has 0 saturated carbocycles. The first-order chi connectivity index (χ1) is 7.27. The van der Waals surface area contributed by atoms with Gasteiger partial charge in [0.05, 0.1) is 0 Å². The number of nitrogens with one attached hydrogen (secondary N) is 1. The van der Waals surface area contributed by atoms with Crippen LogP contribution in [-0.2, 0) is 14.3 Å². The summed E-state index contributed by atoms with van der Waals surface area (Å²) in [7, 11) is 0. The zero-order valence-corrected chi connectivity index (χ0v) is 8.70. The average Bonchev–Trinajstić information content (AvgIpc) is 2.70. The number of rotatable bonds is 3. The molecule has 15 heavy (non-hydrogen) atoms. The van der Waals surface area contributed by atoms with Crippen molar-refractivity contribution in [2.45, 2.75) is 12.8 Å². The van der Waals surface area contributed by atoms with Gasteiger partial charge in [-0.15, -0.1) is 0 Å². The molecule has 2 saturated heterocycles. The number of hydrogen-bond donors (Lipinski definition) is 1. The topological polar surface area (TPSA) is 58.6 Å². The maximum absolute atomic E-state index is 11.4. The molecule has 0 spiro atoms. The largest absolute Gasteiger partial charge is 0.362 e. The average molecular weight is 212 g/mol. The van der Waals surface area contributed by atoms with Gasteiger partial charge < -0.3 is 10.1 Å². The van der Waals surface area contributed by atoms with Gasteiger partial charge in [0.1, 0.15) is 13.2 Å². The van der Waals surface area contributed by atoms with Gasteiger partial charge in [-0.2, -0.15) is 0 Å². The maximum atomic E-state index is 11.4. The Morgan fingerprint density at radius 3 is 2.67 bits per heavy atom. The molecule has 0 aliphatic carbocycles. The Bertz CT molecular complexity index is 245. The smallest absolute Gasteiger partial charge is 0.255 e. The van der Waals surface area contributed by atoms with Gasteiger partial charge in [0, 0.05) is 6.54 Å². The lowest BCUT2D eigenvalue weighted by molar-refractivity contribution is -0.158. The van der Waals surface area contributed by atoms with Crippen LogP contribution < -0.4 is 5.32 Å². The summed E-state index contributed by atoms with van der Waals surface area (Å²) in [6.45, 7) is 2.71. The maximum Gasteiger partial charge on any atom is 0.255 e. The number of hydrogen-bond acceptors (Lipinski definition) is 4.